The fourth-order valence-electron chi connectivity index (χ4n) is 1.66. The molecule has 0 saturated carbocycles. The van der Waals surface area contributed by atoms with Crippen molar-refractivity contribution >= 4 is 11.8 Å². The van der Waals surface area contributed by atoms with E-state index in [2.05, 4.69) is 0 Å². The lowest BCUT2D eigenvalue weighted by molar-refractivity contribution is 0.621. The van der Waals surface area contributed by atoms with E-state index >= 15 is 0 Å². The smallest absolute Gasteiger partial charge is 0.124 e. The molecule has 2 N–H and O–H groups in total. The topological polar surface area (TPSA) is 26.0 Å². The molecule has 0 unspecified atom stereocenters. The molecule has 94 valence electrons. The molecular formula is C14H13F2NS. The first-order valence-electron chi connectivity index (χ1n) is 5.60. The van der Waals surface area contributed by atoms with Gasteiger partial charge in [-0.25, -0.2) is 8.78 Å². The van der Waals surface area contributed by atoms with E-state index in [1.807, 2.05) is 6.07 Å². The summed E-state index contributed by atoms with van der Waals surface area (Å²) in [6.45, 7) is 0.480. The molecule has 0 atom stereocenters. The summed E-state index contributed by atoms with van der Waals surface area (Å²) in [5.74, 6) is -0.585. The zero-order valence-corrected chi connectivity index (χ0v) is 10.5. The normalized spacial score (nSPS) is 10.6. The second-order valence-corrected chi connectivity index (χ2v) is 5.04. The Balaban J connectivity index is 2.23. The van der Waals surface area contributed by atoms with Gasteiger partial charge in [-0.05, 0) is 54.9 Å². The minimum Gasteiger partial charge on any atom is -0.330 e. The van der Waals surface area contributed by atoms with Crippen LogP contribution in [0, 0.1) is 11.6 Å². The number of benzene rings is 2. The maximum absolute atomic E-state index is 13.4. The van der Waals surface area contributed by atoms with Gasteiger partial charge in [-0.3, -0.25) is 0 Å². The first-order valence-corrected chi connectivity index (χ1v) is 6.42. The first kappa shape index (κ1) is 13.1. The SMILES string of the molecule is NCCc1cc(F)cc(Sc2cccc(F)c2)c1. The van der Waals surface area contributed by atoms with Crippen molar-refractivity contribution in [1.82, 2.24) is 0 Å². The largest absolute Gasteiger partial charge is 0.330 e. The van der Waals surface area contributed by atoms with E-state index in [1.165, 1.54) is 36.0 Å². The molecule has 18 heavy (non-hydrogen) atoms. The molecule has 0 heterocycles. The molecule has 2 aromatic carbocycles. The molecule has 2 aromatic rings. The summed E-state index contributed by atoms with van der Waals surface area (Å²) >= 11 is 1.34. The highest BCUT2D eigenvalue weighted by Gasteiger charge is 2.03. The van der Waals surface area contributed by atoms with Crippen LogP contribution in [0.25, 0.3) is 0 Å². The summed E-state index contributed by atoms with van der Waals surface area (Å²) in [6.07, 6.45) is 0.633. The van der Waals surface area contributed by atoms with E-state index in [1.54, 1.807) is 12.1 Å². The molecule has 0 saturated heterocycles. The van der Waals surface area contributed by atoms with Gasteiger partial charge < -0.3 is 5.73 Å². The van der Waals surface area contributed by atoms with Crippen molar-refractivity contribution in [2.45, 2.75) is 16.2 Å². The van der Waals surface area contributed by atoms with Gasteiger partial charge in [-0.2, -0.15) is 0 Å². The Morgan fingerprint density at radius 3 is 2.44 bits per heavy atom. The minimum atomic E-state index is -0.293. The number of halogens is 2. The van der Waals surface area contributed by atoms with Crippen molar-refractivity contribution in [3.05, 3.63) is 59.7 Å². The van der Waals surface area contributed by atoms with Gasteiger partial charge in [-0.1, -0.05) is 17.8 Å². The molecule has 0 aromatic heterocycles. The van der Waals surface area contributed by atoms with Crippen molar-refractivity contribution in [3.63, 3.8) is 0 Å². The summed E-state index contributed by atoms with van der Waals surface area (Å²) in [5.41, 5.74) is 6.31. The first-order chi connectivity index (χ1) is 8.67. The molecule has 0 aliphatic rings. The summed E-state index contributed by atoms with van der Waals surface area (Å²) in [7, 11) is 0. The third kappa shape index (κ3) is 3.55. The van der Waals surface area contributed by atoms with Gasteiger partial charge in [0, 0.05) is 9.79 Å². The predicted molar refractivity (Wildman–Crippen MR) is 69.7 cm³/mol. The monoisotopic (exact) mass is 265 g/mol. The van der Waals surface area contributed by atoms with Crippen LogP contribution in [-0.2, 0) is 6.42 Å². The molecule has 0 aliphatic carbocycles. The predicted octanol–water partition coefficient (Wildman–Crippen LogP) is 3.62. The van der Waals surface area contributed by atoms with Gasteiger partial charge in [0.1, 0.15) is 11.6 Å². The van der Waals surface area contributed by atoms with Gasteiger partial charge in [-0.15, -0.1) is 0 Å². The van der Waals surface area contributed by atoms with Crippen LogP contribution in [0.2, 0.25) is 0 Å². The average Bonchev–Trinajstić information content (AvgIpc) is 2.28. The maximum Gasteiger partial charge on any atom is 0.124 e. The number of hydrogen-bond acceptors (Lipinski definition) is 2. The molecule has 2 rings (SSSR count). The Kier molecular flexibility index (Phi) is 4.33. The molecule has 0 spiro atoms. The molecule has 0 fully saturated rings. The second kappa shape index (κ2) is 5.98. The average molecular weight is 265 g/mol. The van der Waals surface area contributed by atoms with Crippen molar-refractivity contribution in [3.8, 4) is 0 Å². The number of hydrogen-bond donors (Lipinski definition) is 1. The fraction of sp³-hybridized carbons (Fsp3) is 0.143. The van der Waals surface area contributed by atoms with Crippen molar-refractivity contribution in [2.75, 3.05) is 6.54 Å². The molecule has 4 heteroatoms. The van der Waals surface area contributed by atoms with Crippen molar-refractivity contribution in [1.29, 1.82) is 0 Å². The van der Waals surface area contributed by atoms with Gasteiger partial charge in [0.25, 0.3) is 0 Å². The lowest BCUT2D eigenvalue weighted by Gasteiger charge is -2.05. The second-order valence-electron chi connectivity index (χ2n) is 3.89. The lowest BCUT2D eigenvalue weighted by Crippen LogP contribution is -2.03. The molecule has 0 radical (unpaired) electrons. The van der Waals surface area contributed by atoms with Gasteiger partial charge in [0.05, 0.1) is 0 Å². The lowest BCUT2D eigenvalue weighted by atomic mass is 10.1. The molecule has 0 aliphatic heterocycles. The highest BCUT2D eigenvalue weighted by atomic mass is 32.2. The molecule has 0 amide bonds. The van der Waals surface area contributed by atoms with Gasteiger partial charge >= 0.3 is 0 Å². The summed E-state index contributed by atoms with van der Waals surface area (Å²) in [6, 6.07) is 11.0. The van der Waals surface area contributed by atoms with E-state index in [0.29, 0.717) is 13.0 Å². The Bertz CT molecular complexity index is 543. The summed E-state index contributed by atoms with van der Waals surface area (Å²) < 4.78 is 26.5. The Morgan fingerprint density at radius 1 is 0.944 bits per heavy atom. The Hall–Kier alpha value is -1.39. The molecule has 1 nitrogen and oxygen atoms in total. The summed E-state index contributed by atoms with van der Waals surface area (Å²) in [4.78, 5) is 1.50. The Labute approximate surface area is 109 Å². The van der Waals surface area contributed by atoms with Crippen molar-refractivity contribution in [2.24, 2.45) is 5.73 Å². The molecular weight excluding hydrogens is 252 g/mol. The Morgan fingerprint density at radius 2 is 1.72 bits per heavy atom. The third-order valence-corrected chi connectivity index (χ3v) is 3.36. The molecule has 0 bridgehead atoms. The number of rotatable bonds is 4. The fourth-order valence-corrected chi connectivity index (χ4v) is 2.63. The van der Waals surface area contributed by atoms with E-state index in [9.17, 15) is 8.78 Å². The van der Waals surface area contributed by atoms with Crippen LogP contribution in [0.4, 0.5) is 8.78 Å². The van der Waals surface area contributed by atoms with Crippen LogP contribution in [0.15, 0.2) is 52.3 Å². The van der Waals surface area contributed by atoms with Crippen LogP contribution in [0.1, 0.15) is 5.56 Å². The van der Waals surface area contributed by atoms with Crippen LogP contribution in [0.3, 0.4) is 0 Å². The highest BCUT2D eigenvalue weighted by molar-refractivity contribution is 7.99. The maximum atomic E-state index is 13.4. The third-order valence-electron chi connectivity index (χ3n) is 2.40. The van der Waals surface area contributed by atoms with E-state index in [0.717, 1.165) is 15.4 Å². The van der Waals surface area contributed by atoms with E-state index in [-0.39, 0.29) is 11.6 Å². The minimum absolute atomic E-state index is 0.292. The van der Waals surface area contributed by atoms with E-state index in [4.69, 9.17) is 5.73 Å². The zero-order valence-electron chi connectivity index (χ0n) is 9.70. The van der Waals surface area contributed by atoms with Crippen LogP contribution in [0.5, 0.6) is 0 Å². The number of nitrogens with two attached hydrogens (primary N) is 1. The van der Waals surface area contributed by atoms with Crippen LogP contribution in [-0.4, -0.2) is 6.54 Å². The van der Waals surface area contributed by atoms with Crippen molar-refractivity contribution < 1.29 is 8.78 Å². The van der Waals surface area contributed by atoms with E-state index < -0.39 is 0 Å². The standard InChI is InChI=1S/C14H13F2NS/c15-11-2-1-3-13(8-11)18-14-7-10(4-5-17)6-12(16)9-14/h1-3,6-9H,4-5,17H2. The quantitative estimate of drug-likeness (QED) is 0.913. The van der Waals surface area contributed by atoms with Gasteiger partial charge in [0.15, 0.2) is 0 Å². The van der Waals surface area contributed by atoms with Gasteiger partial charge in [0.2, 0.25) is 0 Å². The highest BCUT2D eigenvalue weighted by Crippen LogP contribution is 2.29. The zero-order chi connectivity index (χ0) is 13.0. The van der Waals surface area contributed by atoms with Crippen LogP contribution < -0.4 is 5.73 Å². The summed E-state index contributed by atoms with van der Waals surface area (Å²) in [5, 5.41) is 0. The van der Waals surface area contributed by atoms with Crippen LogP contribution >= 0.6 is 11.8 Å².